The fourth-order valence-corrected chi connectivity index (χ4v) is 3.17. The van der Waals surface area contributed by atoms with Gasteiger partial charge in [-0.1, -0.05) is 48.5 Å². The van der Waals surface area contributed by atoms with E-state index in [0.717, 1.165) is 37.2 Å². The van der Waals surface area contributed by atoms with Crippen LogP contribution >= 0.6 is 0 Å². The third-order valence-corrected chi connectivity index (χ3v) is 4.54. The number of para-hydroxylation sites is 1. The van der Waals surface area contributed by atoms with E-state index >= 15 is 0 Å². The fourth-order valence-electron chi connectivity index (χ4n) is 3.17. The molecule has 2 aromatic carbocycles. The summed E-state index contributed by atoms with van der Waals surface area (Å²) in [5.74, 6) is 0.769. The molecule has 2 aromatic rings. The Bertz CT molecular complexity index is 637. The van der Waals surface area contributed by atoms with E-state index in [-0.39, 0.29) is 17.9 Å². The number of hydrogen-bond acceptors (Lipinski definition) is 3. The van der Waals surface area contributed by atoms with Crippen molar-refractivity contribution in [3.63, 3.8) is 0 Å². The van der Waals surface area contributed by atoms with Crippen molar-refractivity contribution in [1.82, 2.24) is 4.90 Å². The van der Waals surface area contributed by atoms with Gasteiger partial charge in [0.25, 0.3) is 0 Å². The number of carbonyl (C=O) groups excluding carboxylic acids is 1. The Labute approximate surface area is 143 Å². The van der Waals surface area contributed by atoms with Gasteiger partial charge in [-0.2, -0.15) is 0 Å². The average Bonchev–Trinajstić information content (AvgIpc) is 2.65. The molecular weight excluding hydrogens is 300 g/mol. The number of piperidine rings is 1. The van der Waals surface area contributed by atoms with Crippen LogP contribution < -0.4 is 10.5 Å². The first-order valence-electron chi connectivity index (χ1n) is 8.53. The monoisotopic (exact) mass is 324 g/mol. The lowest BCUT2D eigenvalue weighted by Crippen LogP contribution is -2.45. The zero-order chi connectivity index (χ0) is 16.8. The number of nitrogens with two attached hydrogens (primary N) is 1. The second-order valence-corrected chi connectivity index (χ2v) is 6.15. The second kappa shape index (κ2) is 7.97. The van der Waals surface area contributed by atoms with E-state index in [9.17, 15) is 4.79 Å². The topological polar surface area (TPSA) is 55.6 Å². The highest BCUT2D eigenvalue weighted by Crippen LogP contribution is 2.22. The van der Waals surface area contributed by atoms with Crippen LogP contribution in [0.4, 0.5) is 0 Å². The molecule has 0 aliphatic carbocycles. The molecule has 3 rings (SSSR count). The first-order valence-corrected chi connectivity index (χ1v) is 8.53. The van der Waals surface area contributed by atoms with Gasteiger partial charge in [0, 0.05) is 32.5 Å². The van der Waals surface area contributed by atoms with Crippen LogP contribution in [0.2, 0.25) is 0 Å². The third kappa shape index (κ3) is 3.95. The van der Waals surface area contributed by atoms with Gasteiger partial charge < -0.3 is 15.4 Å². The fraction of sp³-hybridized carbons (Fsp3) is 0.350. The van der Waals surface area contributed by atoms with E-state index in [1.165, 1.54) is 0 Å². The Kier molecular flexibility index (Phi) is 5.49. The van der Waals surface area contributed by atoms with Gasteiger partial charge >= 0.3 is 0 Å². The quantitative estimate of drug-likeness (QED) is 0.920. The summed E-state index contributed by atoms with van der Waals surface area (Å²) in [6.45, 7) is 1.78. The Morgan fingerprint density at radius 1 is 1.04 bits per heavy atom. The van der Waals surface area contributed by atoms with Crippen molar-refractivity contribution < 1.29 is 9.53 Å². The van der Waals surface area contributed by atoms with E-state index in [4.69, 9.17) is 10.5 Å². The van der Waals surface area contributed by atoms with Gasteiger partial charge in [-0.3, -0.25) is 4.79 Å². The average molecular weight is 324 g/mol. The van der Waals surface area contributed by atoms with E-state index in [1.54, 1.807) is 0 Å². The number of benzene rings is 2. The Morgan fingerprint density at radius 2 is 1.62 bits per heavy atom. The lowest BCUT2D eigenvalue weighted by Gasteiger charge is -2.34. The zero-order valence-corrected chi connectivity index (χ0v) is 13.8. The lowest BCUT2D eigenvalue weighted by molar-refractivity contribution is -0.134. The maximum absolute atomic E-state index is 12.8. The van der Waals surface area contributed by atoms with E-state index in [2.05, 4.69) is 0 Å². The summed E-state index contributed by atoms with van der Waals surface area (Å²) in [4.78, 5) is 14.7. The molecule has 24 heavy (non-hydrogen) atoms. The van der Waals surface area contributed by atoms with Gasteiger partial charge in [-0.05, 0) is 17.7 Å². The summed E-state index contributed by atoms with van der Waals surface area (Å²) in [6, 6.07) is 19.7. The number of likely N-dealkylation sites (tertiary alicyclic amines) is 1. The van der Waals surface area contributed by atoms with Crippen molar-refractivity contribution in [3.8, 4) is 5.75 Å². The molecule has 1 saturated heterocycles. The first kappa shape index (κ1) is 16.5. The van der Waals surface area contributed by atoms with E-state index in [1.807, 2.05) is 65.6 Å². The van der Waals surface area contributed by atoms with Crippen LogP contribution in [-0.2, 0) is 4.79 Å². The Hall–Kier alpha value is -2.33. The van der Waals surface area contributed by atoms with Crippen molar-refractivity contribution in [2.45, 2.75) is 24.9 Å². The minimum Gasteiger partial charge on any atom is -0.490 e. The summed E-state index contributed by atoms with van der Waals surface area (Å²) < 4.78 is 5.99. The van der Waals surface area contributed by atoms with E-state index in [0.29, 0.717) is 6.54 Å². The zero-order valence-electron chi connectivity index (χ0n) is 13.8. The molecule has 4 heteroatoms. The number of rotatable bonds is 5. The number of carbonyl (C=O) groups is 1. The molecule has 0 aromatic heterocycles. The minimum atomic E-state index is -0.252. The number of amides is 1. The van der Waals surface area contributed by atoms with Gasteiger partial charge in [0.15, 0.2) is 0 Å². The molecule has 126 valence electrons. The minimum absolute atomic E-state index is 0.127. The number of nitrogens with zero attached hydrogens (tertiary/aromatic N) is 1. The SMILES string of the molecule is NCC(C(=O)N1CCC(Oc2ccccc2)CC1)c1ccccc1. The highest BCUT2D eigenvalue weighted by atomic mass is 16.5. The predicted molar refractivity (Wildman–Crippen MR) is 94.9 cm³/mol. The maximum Gasteiger partial charge on any atom is 0.231 e. The first-order chi connectivity index (χ1) is 11.8. The summed E-state index contributed by atoms with van der Waals surface area (Å²) in [6.07, 6.45) is 1.88. The van der Waals surface area contributed by atoms with Crippen LogP contribution in [0.1, 0.15) is 24.3 Å². The van der Waals surface area contributed by atoms with Gasteiger partial charge in [0.2, 0.25) is 5.91 Å². The second-order valence-electron chi connectivity index (χ2n) is 6.15. The van der Waals surface area contributed by atoms with Crippen LogP contribution in [0, 0.1) is 0 Å². The molecule has 1 amide bonds. The highest BCUT2D eigenvalue weighted by Gasteiger charge is 2.29. The standard InChI is InChI=1S/C20H24N2O2/c21-15-19(16-7-3-1-4-8-16)20(23)22-13-11-18(12-14-22)24-17-9-5-2-6-10-17/h1-10,18-19H,11-15,21H2. The molecule has 1 aliphatic rings. The molecule has 0 saturated carbocycles. The molecule has 1 unspecified atom stereocenters. The van der Waals surface area contributed by atoms with Crippen molar-refractivity contribution in [2.75, 3.05) is 19.6 Å². The van der Waals surface area contributed by atoms with Crippen molar-refractivity contribution in [1.29, 1.82) is 0 Å². The number of ether oxygens (including phenoxy) is 1. The maximum atomic E-state index is 12.8. The smallest absolute Gasteiger partial charge is 0.231 e. The van der Waals surface area contributed by atoms with Crippen LogP contribution in [0.15, 0.2) is 60.7 Å². The van der Waals surface area contributed by atoms with Gasteiger partial charge in [0.1, 0.15) is 11.9 Å². The summed E-state index contributed by atoms with van der Waals surface area (Å²) in [5, 5.41) is 0. The molecule has 1 atom stereocenters. The van der Waals surface area contributed by atoms with Crippen LogP contribution in [0.3, 0.4) is 0 Å². The molecule has 4 nitrogen and oxygen atoms in total. The van der Waals surface area contributed by atoms with Gasteiger partial charge in [-0.25, -0.2) is 0 Å². The molecule has 2 N–H and O–H groups in total. The lowest BCUT2D eigenvalue weighted by atomic mass is 9.96. The van der Waals surface area contributed by atoms with Crippen molar-refractivity contribution >= 4 is 5.91 Å². The highest BCUT2D eigenvalue weighted by molar-refractivity contribution is 5.84. The Morgan fingerprint density at radius 3 is 2.21 bits per heavy atom. The molecule has 1 fully saturated rings. The van der Waals surface area contributed by atoms with Crippen LogP contribution in [0.5, 0.6) is 5.75 Å². The molecule has 0 radical (unpaired) electrons. The van der Waals surface area contributed by atoms with Crippen molar-refractivity contribution in [2.24, 2.45) is 5.73 Å². The van der Waals surface area contributed by atoms with Crippen LogP contribution in [-0.4, -0.2) is 36.5 Å². The summed E-state index contributed by atoms with van der Waals surface area (Å²) in [7, 11) is 0. The third-order valence-electron chi connectivity index (χ3n) is 4.54. The van der Waals surface area contributed by atoms with Gasteiger partial charge in [0.05, 0.1) is 5.92 Å². The largest absolute Gasteiger partial charge is 0.490 e. The molecule has 0 bridgehead atoms. The number of hydrogen-bond donors (Lipinski definition) is 1. The van der Waals surface area contributed by atoms with Crippen molar-refractivity contribution in [3.05, 3.63) is 66.2 Å². The van der Waals surface area contributed by atoms with Gasteiger partial charge in [-0.15, -0.1) is 0 Å². The molecule has 1 heterocycles. The normalized spacial score (nSPS) is 16.6. The Balaban J connectivity index is 1.56. The van der Waals surface area contributed by atoms with Crippen LogP contribution in [0.25, 0.3) is 0 Å². The molecule has 1 aliphatic heterocycles. The molecule has 0 spiro atoms. The summed E-state index contributed by atoms with van der Waals surface area (Å²) >= 11 is 0. The molecular formula is C20H24N2O2. The van der Waals surface area contributed by atoms with E-state index < -0.39 is 0 Å². The predicted octanol–water partition coefficient (Wildman–Crippen LogP) is 2.80. The summed E-state index contributed by atoms with van der Waals surface area (Å²) in [5.41, 5.74) is 6.86.